The summed E-state index contributed by atoms with van der Waals surface area (Å²) in [5, 5.41) is 7.88. The normalized spacial score (nSPS) is 19.2. The number of ether oxygens (including phenoxy) is 2. The van der Waals surface area contributed by atoms with Crippen LogP contribution in [0.3, 0.4) is 0 Å². The molecular formula is C21H18F2N4O2. The van der Waals surface area contributed by atoms with Gasteiger partial charge in [-0.2, -0.15) is 0 Å². The molecule has 0 fully saturated rings. The fourth-order valence-electron chi connectivity index (χ4n) is 3.22. The van der Waals surface area contributed by atoms with Gasteiger partial charge in [-0.3, -0.25) is 4.98 Å². The highest BCUT2D eigenvalue weighted by Gasteiger charge is 2.43. The maximum Gasteiger partial charge on any atom is 0.259 e. The Morgan fingerprint density at radius 3 is 2.52 bits per heavy atom. The van der Waals surface area contributed by atoms with Gasteiger partial charge in [-0.15, -0.1) is 5.10 Å². The van der Waals surface area contributed by atoms with Crippen LogP contribution in [0.5, 0.6) is 5.75 Å². The molecule has 0 saturated heterocycles. The molecule has 0 bridgehead atoms. The van der Waals surface area contributed by atoms with E-state index in [1.807, 2.05) is 0 Å². The van der Waals surface area contributed by atoms with Gasteiger partial charge in [0.1, 0.15) is 17.1 Å². The molecule has 0 spiro atoms. The Morgan fingerprint density at radius 2 is 1.86 bits per heavy atom. The second-order valence-electron chi connectivity index (χ2n) is 6.47. The Labute approximate surface area is 166 Å². The van der Waals surface area contributed by atoms with E-state index in [-0.39, 0.29) is 12.1 Å². The maximum atomic E-state index is 15.7. The highest BCUT2D eigenvalue weighted by Crippen LogP contribution is 2.43. The number of alkyl halides is 1. The van der Waals surface area contributed by atoms with Gasteiger partial charge < -0.3 is 9.47 Å². The van der Waals surface area contributed by atoms with Crippen molar-refractivity contribution in [2.75, 3.05) is 14.2 Å². The number of aromatic nitrogens is 4. The van der Waals surface area contributed by atoms with Crippen molar-refractivity contribution >= 4 is 11.3 Å². The van der Waals surface area contributed by atoms with Gasteiger partial charge in [0, 0.05) is 19.7 Å². The lowest BCUT2D eigenvalue weighted by Gasteiger charge is -2.30. The Bertz CT molecular complexity index is 1080. The summed E-state index contributed by atoms with van der Waals surface area (Å²) in [6.07, 6.45) is 4.14. The topological polar surface area (TPSA) is 62.1 Å². The predicted molar refractivity (Wildman–Crippen MR) is 104 cm³/mol. The molecule has 6 nitrogen and oxygen atoms in total. The third-order valence-electron chi connectivity index (χ3n) is 4.73. The maximum absolute atomic E-state index is 15.7. The first kappa shape index (κ1) is 18.9. The van der Waals surface area contributed by atoms with Crippen LogP contribution in [-0.2, 0) is 4.74 Å². The minimum absolute atomic E-state index is 0.183. The van der Waals surface area contributed by atoms with Crippen LogP contribution in [0.4, 0.5) is 8.78 Å². The highest BCUT2D eigenvalue weighted by atomic mass is 19.2. The van der Waals surface area contributed by atoms with Crippen molar-refractivity contribution in [1.82, 2.24) is 20.0 Å². The molecule has 29 heavy (non-hydrogen) atoms. The standard InChI is InChI=1S/C21H18F2N4O2/c1-28-16-8-6-14(7-9-16)15-11-17(22)20(21(23,12-15)29-2)27-13-19(25-26-27)18-5-3-4-10-24-18/h3-11,13H,12H2,1-2H3. The average Bonchev–Trinajstić information content (AvgIpc) is 3.23. The number of hydrogen-bond acceptors (Lipinski definition) is 5. The van der Waals surface area contributed by atoms with Crippen molar-refractivity contribution in [3.8, 4) is 17.1 Å². The van der Waals surface area contributed by atoms with Gasteiger partial charge in [-0.05, 0) is 41.5 Å². The summed E-state index contributed by atoms with van der Waals surface area (Å²) in [7, 11) is 2.75. The van der Waals surface area contributed by atoms with E-state index in [4.69, 9.17) is 9.47 Å². The Kier molecular flexibility index (Phi) is 4.94. The molecule has 1 atom stereocenters. The van der Waals surface area contributed by atoms with Gasteiger partial charge in [0.15, 0.2) is 5.83 Å². The van der Waals surface area contributed by atoms with E-state index >= 15 is 8.78 Å². The Morgan fingerprint density at radius 1 is 1.07 bits per heavy atom. The second-order valence-corrected chi connectivity index (χ2v) is 6.47. The van der Waals surface area contributed by atoms with Gasteiger partial charge in [0.05, 0.1) is 19.0 Å². The summed E-state index contributed by atoms with van der Waals surface area (Å²) in [4.78, 5) is 4.18. The SMILES string of the molecule is COc1ccc(C2=CC(F)=C(n3cc(-c4ccccn4)nn3)C(F)(OC)C2)cc1. The predicted octanol–water partition coefficient (Wildman–Crippen LogP) is 4.29. The number of pyridine rings is 1. The van der Waals surface area contributed by atoms with Gasteiger partial charge in [0.25, 0.3) is 5.85 Å². The van der Waals surface area contributed by atoms with E-state index in [0.717, 1.165) is 4.68 Å². The minimum atomic E-state index is -2.41. The number of rotatable bonds is 5. The van der Waals surface area contributed by atoms with Crippen molar-refractivity contribution in [2.24, 2.45) is 0 Å². The van der Waals surface area contributed by atoms with Gasteiger partial charge in [-0.1, -0.05) is 23.4 Å². The highest BCUT2D eigenvalue weighted by molar-refractivity contribution is 5.78. The molecule has 8 heteroatoms. The number of hydrogen-bond donors (Lipinski definition) is 0. The van der Waals surface area contributed by atoms with Gasteiger partial charge in [-0.25, -0.2) is 13.5 Å². The van der Waals surface area contributed by atoms with E-state index < -0.39 is 11.7 Å². The molecule has 4 rings (SSSR count). The second kappa shape index (κ2) is 7.56. The van der Waals surface area contributed by atoms with E-state index in [1.54, 1.807) is 55.8 Å². The molecule has 0 radical (unpaired) electrons. The van der Waals surface area contributed by atoms with E-state index in [1.165, 1.54) is 19.4 Å². The van der Waals surface area contributed by atoms with Crippen LogP contribution < -0.4 is 4.74 Å². The first-order valence-corrected chi connectivity index (χ1v) is 8.87. The minimum Gasteiger partial charge on any atom is -0.497 e. The van der Waals surface area contributed by atoms with Crippen molar-refractivity contribution in [2.45, 2.75) is 12.3 Å². The molecule has 3 aromatic rings. The first-order chi connectivity index (χ1) is 14.0. The van der Waals surface area contributed by atoms with Crippen molar-refractivity contribution in [3.05, 3.63) is 72.3 Å². The van der Waals surface area contributed by atoms with E-state index in [2.05, 4.69) is 15.3 Å². The molecule has 0 amide bonds. The van der Waals surface area contributed by atoms with Gasteiger partial charge >= 0.3 is 0 Å². The fourth-order valence-corrected chi connectivity index (χ4v) is 3.22. The van der Waals surface area contributed by atoms with E-state index in [9.17, 15) is 0 Å². The Hall–Kier alpha value is -3.39. The van der Waals surface area contributed by atoms with Crippen LogP contribution >= 0.6 is 0 Å². The van der Waals surface area contributed by atoms with Crippen LogP contribution in [-0.4, -0.2) is 40.1 Å². The lowest BCUT2D eigenvalue weighted by atomic mass is 9.91. The third kappa shape index (κ3) is 3.54. The summed E-state index contributed by atoms with van der Waals surface area (Å²) in [6.45, 7) is 0. The zero-order valence-corrected chi connectivity index (χ0v) is 15.8. The third-order valence-corrected chi connectivity index (χ3v) is 4.73. The molecule has 0 N–H and O–H groups in total. The zero-order valence-electron chi connectivity index (χ0n) is 15.8. The lowest BCUT2D eigenvalue weighted by molar-refractivity contribution is -0.0714. The van der Waals surface area contributed by atoms with Crippen molar-refractivity contribution in [3.63, 3.8) is 0 Å². The smallest absolute Gasteiger partial charge is 0.259 e. The van der Waals surface area contributed by atoms with Crippen LogP contribution in [0.2, 0.25) is 0 Å². The summed E-state index contributed by atoms with van der Waals surface area (Å²) >= 11 is 0. The summed E-state index contributed by atoms with van der Waals surface area (Å²) in [6, 6.07) is 12.2. The van der Waals surface area contributed by atoms with Crippen LogP contribution in [0, 0.1) is 0 Å². The van der Waals surface area contributed by atoms with Crippen molar-refractivity contribution in [1.29, 1.82) is 0 Å². The molecule has 1 aliphatic rings. The number of allylic oxidation sites excluding steroid dienone is 2. The summed E-state index contributed by atoms with van der Waals surface area (Å²) < 4.78 is 42.0. The largest absolute Gasteiger partial charge is 0.497 e. The molecular weight excluding hydrogens is 378 g/mol. The summed E-state index contributed by atoms with van der Waals surface area (Å²) in [5.41, 5.74) is 1.73. The van der Waals surface area contributed by atoms with Crippen LogP contribution in [0.1, 0.15) is 12.0 Å². The van der Waals surface area contributed by atoms with E-state index in [0.29, 0.717) is 28.3 Å². The molecule has 2 aromatic heterocycles. The van der Waals surface area contributed by atoms with Gasteiger partial charge in [0.2, 0.25) is 0 Å². The molecule has 1 aliphatic carbocycles. The number of nitrogens with zero attached hydrogens (tertiary/aromatic N) is 4. The molecule has 0 saturated carbocycles. The molecule has 148 valence electrons. The quantitative estimate of drug-likeness (QED) is 0.644. The van der Waals surface area contributed by atoms with Crippen LogP contribution in [0.15, 0.2) is 66.8 Å². The number of halogens is 2. The molecule has 1 aromatic carbocycles. The Balaban J connectivity index is 1.75. The monoisotopic (exact) mass is 396 g/mol. The molecule has 1 unspecified atom stereocenters. The zero-order chi connectivity index (χ0) is 20.4. The lowest BCUT2D eigenvalue weighted by Crippen LogP contribution is -2.33. The fraction of sp³-hybridized carbons (Fsp3) is 0.190. The number of methoxy groups -OCH3 is 2. The van der Waals surface area contributed by atoms with Crippen LogP contribution in [0.25, 0.3) is 22.7 Å². The van der Waals surface area contributed by atoms with Crippen molar-refractivity contribution < 1.29 is 18.3 Å². The molecule has 2 heterocycles. The number of benzene rings is 1. The first-order valence-electron chi connectivity index (χ1n) is 8.87. The molecule has 0 aliphatic heterocycles. The average molecular weight is 396 g/mol. The summed E-state index contributed by atoms with van der Waals surface area (Å²) in [5.74, 6) is -2.54.